The lowest BCUT2D eigenvalue weighted by Crippen LogP contribution is -2.20. The number of fused-ring (bicyclic) bond motifs is 1. The first kappa shape index (κ1) is 23.3. The summed E-state index contributed by atoms with van der Waals surface area (Å²) >= 11 is 0. The Bertz CT molecular complexity index is 1220. The molecule has 0 amide bonds. The minimum atomic E-state index is -0.751. The highest BCUT2D eigenvalue weighted by Crippen LogP contribution is 2.48. The molecular weight excluding hydrogens is 445 g/mol. The molecule has 182 valence electrons. The summed E-state index contributed by atoms with van der Waals surface area (Å²) in [6.07, 6.45) is 6.01. The maximum atomic E-state index is 14.4. The molecule has 2 aromatic carbocycles. The molecule has 1 unspecified atom stereocenters. The molecule has 1 aromatic heterocycles. The number of aromatic nitrogens is 1. The van der Waals surface area contributed by atoms with Crippen molar-refractivity contribution in [2.45, 2.75) is 51.0 Å². The minimum absolute atomic E-state index is 0.00892. The number of hydrogen-bond donors (Lipinski definition) is 1. The molecule has 5 rings (SSSR count). The van der Waals surface area contributed by atoms with E-state index in [0.29, 0.717) is 17.4 Å². The largest absolute Gasteiger partial charge is 0.485 e. The third kappa shape index (κ3) is 4.88. The number of aliphatic carboxylic acids is 1. The molecule has 3 atom stereocenters. The molecule has 1 aliphatic heterocycles. The number of hydrogen-bond acceptors (Lipinski definition) is 4. The number of pyridine rings is 1. The Labute approximate surface area is 204 Å². The van der Waals surface area contributed by atoms with Gasteiger partial charge in [-0.2, -0.15) is 0 Å². The van der Waals surface area contributed by atoms with Gasteiger partial charge in [0.15, 0.2) is 0 Å². The molecule has 2 aliphatic rings. The number of nitrogens with zero attached hydrogens (tertiary/aromatic N) is 1. The second-order valence-corrected chi connectivity index (χ2v) is 9.68. The van der Waals surface area contributed by atoms with Crippen molar-refractivity contribution < 1.29 is 23.8 Å². The maximum Gasteiger partial charge on any atom is 0.306 e. The number of carbonyl (C=O) groups is 1. The molecule has 1 fully saturated rings. The standard InChI is InChI=1S/C29H30FNO4/c1-17(29(32)33)28(21-11-12-21)22-13-10-19-4-3-5-25(35-26(19)14-22)20-8-6-18(7-9-20)23-15-27(34-2)31-16-24(23)30/h6-10,13-17,21,25,28H,3-5,11-12H2,1-2H3,(H,32,33)/t17-,25?,28-/m0/s1. The van der Waals surface area contributed by atoms with Gasteiger partial charge in [-0.3, -0.25) is 4.79 Å². The fourth-order valence-electron chi connectivity index (χ4n) is 5.23. The second kappa shape index (κ2) is 9.68. The summed E-state index contributed by atoms with van der Waals surface area (Å²) < 4.78 is 26.0. The van der Waals surface area contributed by atoms with Gasteiger partial charge in [-0.25, -0.2) is 9.37 Å². The molecule has 1 aliphatic carbocycles. The van der Waals surface area contributed by atoms with Crippen molar-refractivity contribution in [3.05, 3.63) is 77.2 Å². The van der Waals surface area contributed by atoms with Gasteiger partial charge in [-0.15, -0.1) is 0 Å². The van der Waals surface area contributed by atoms with E-state index in [-0.39, 0.29) is 12.0 Å². The van der Waals surface area contributed by atoms with E-state index in [9.17, 15) is 14.3 Å². The van der Waals surface area contributed by atoms with Crippen LogP contribution in [-0.2, 0) is 11.2 Å². The lowest BCUT2D eigenvalue weighted by Gasteiger charge is -2.23. The van der Waals surface area contributed by atoms with Crippen LogP contribution in [0, 0.1) is 17.7 Å². The molecule has 2 heterocycles. The topological polar surface area (TPSA) is 68.7 Å². The number of methoxy groups -OCH3 is 1. The summed E-state index contributed by atoms with van der Waals surface area (Å²) in [6.45, 7) is 1.81. The molecule has 0 radical (unpaired) electrons. The van der Waals surface area contributed by atoms with Gasteiger partial charge < -0.3 is 14.6 Å². The van der Waals surface area contributed by atoms with Crippen LogP contribution in [0.5, 0.6) is 11.6 Å². The Morgan fingerprint density at radius 1 is 1.14 bits per heavy atom. The van der Waals surface area contributed by atoms with E-state index in [4.69, 9.17) is 9.47 Å². The number of benzene rings is 2. The molecule has 0 saturated heterocycles. The molecule has 6 heteroatoms. The summed E-state index contributed by atoms with van der Waals surface area (Å²) in [5.41, 5.74) is 4.44. The maximum absolute atomic E-state index is 14.4. The van der Waals surface area contributed by atoms with Crippen LogP contribution >= 0.6 is 0 Å². The van der Waals surface area contributed by atoms with E-state index in [0.717, 1.165) is 60.1 Å². The normalized spacial score (nSPS) is 19.1. The number of carboxylic acid groups (broad SMARTS) is 1. The number of carboxylic acids is 1. The third-order valence-corrected chi connectivity index (χ3v) is 7.35. The Morgan fingerprint density at radius 3 is 2.60 bits per heavy atom. The third-order valence-electron chi connectivity index (χ3n) is 7.35. The summed E-state index contributed by atoms with van der Waals surface area (Å²) in [4.78, 5) is 15.7. The van der Waals surface area contributed by atoms with Gasteiger partial charge in [0.05, 0.1) is 19.2 Å². The van der Waals surface area contributed by atoms with Gasteiger partial charge in [0, 0.05) is 11.6 Å². The van der Waals surface area contributed by atoms with E-state index >= 15 is 0 Å². The van der Waals surface area contributed by atoms with Gasteiger partial charge in [0.25, 0.3) is 0 Å². The molecule has 5 nitrogen and oxygen atoms in total. The average molecular weight is 476 g/mol. The first-order valence-corrected chi connectivity index (χ1v) is 12.3. The SMILES string of the molecule is COc1cc(-c2ccc(C3CCCc4ccc([C@H](C5CC5)[C@H](C)C(=O)O)cc4O3)cc2)c(F)cn1. The van der Waals surface area contributed by atoms with Gasteiger partial charge in [-0.05, 0) is 72.3 Å². The van der Waals surface area contributed by atoms with Gasteiger partial charge in [-0.1, -0.05) is 43.3 Å². The second-order valence-electron chi connectivity index (χ2n) is 9.68. The van der Waals surface area contributed by atoms with Crippen molar-refractivity contribution in [3.8, 4) is 22.8 Å². The Balaban J connectivity index is 1.40. The summed E-state index contributed by atoms with van der Waals surface area (Å²) in [5.74, 6) is 0.0800. The first-order chi connectivity index (χ1) is 16.9. The predicted molar refractivity (Wildman–Crippen MR) is 131 cm³/mol. The van der Waals surface area contributed by atoms with Crippen molar-refractivity contribution in [1.29, 1.82) is 0 Å². The van der Waals surface area contributed by atoms with Crippen molar-refractivity contribution in [3.63, 3.8) is 0 Å². The zero-order valence-corrected chi connectivity index (χ0v) is 20.0. The monoisotopic (exact) mass is 475 g/mol. The molecule has 0 spiro atoms. The van der Waals surface area contributed by atoms with Crippen molar-refractivity contribution in [2.24, 2.45) is 11.8 Å². The Kier molecular flexibility index (Phi) is 6.46. The molecule has 3 aromatic rings. The van der Waals surface area contributed by atoms with Crippen LogP contribution in [0.2, 0.25) is 0 Å². The van der Waals surface area contributed by atoms with Crippen LogP contribution in [0.15, 0.2) is 54.7 Å². The zero-order valence-electron chi connectivity index (χ0n) is 20.0. The van der Waals surface area contributed by atoms with E-state index in [1.165, 1.54) is 13.3 Å². The van der Waals surface area contributed by atoms with Crippen molar-refractivity contribution >= 4 is 5.97 Å². The van der Waals surface area contributed by atoms with Gasteiger partial charge in [0.1, 0.15) is 17.7 Å². The van der Waals surface area contributed by atoms with Crippen LogP contribution < -0.4 is 9.47 Å². The molecule has 0 bridgehead atoms. The average Bonchev–Trinajstić information content (AvgIpc) is 3.71. The smallest absolute Gasteiger partial charge is 0.306 e. The van der Waals surface area contributed by atoms with Crippen LogP contribution in [0.1, 0.15) is 61.3 Å². The molecule has 35 heavy (non-hydrogen) atoms. The first-order valence-electron chi connectivity index (χ1n) is 12.3. The molecular formula is C29H30FNO4. The van der Waals surface area contributed by atoms with Gasteiger partial charge >= 0.3 is 5.97 Å². The number of halogens is 1. The summed E-state index contributed by atoms with van der Waals surface area (Å²) in [7, 11) is 1.51. The lowest BCUT2D eigenvalue weighted by molar-refractivity contribution is -0.142. The number of rotatable bonds is 7. The van der Waals surface area contributed by atoms with E-state index < -0.39 is 17.7 Å². The van der Waals surface area contributed by atoms with Crippen molar-refractivity contribution in [2.75, 3.05) is 7.11 Å². The molecule has 1 N–H and O–H groups in total. The van der Waals surface area contributed by atoms with Crippen LogP contribution in [0.3, 0.4) is 0 Å². The lowest BCUT2D eigenvalue weighted by atomic mass is 9.82. The van der Waals surface area contributed by atoms with Gasteiger partial charge in [0.2, 0.25) is 5.88 Å². The number of aryl methyl sites for hydroxylation is 1. The molecule has 1 saturated carbocycles. The van der Waals surface area contributed by atoms with E-state index in [1.54, 1.807) is 6.07 Å². The van der Waals surface area contributed by atoms with Crippen molar-refractivity contribution in [1.82, 2.24) is 4.98 Å². The summed E-state index contributed by atoms with van der Waals surface area (Å²) in [6, 6.07) is 15.6. The number of ether oxygens (including phenoxy) is 2. The van der Waals surface area contributed by atoms with E-state index in [2.05, 4.69) is 23.2 Å². The van der Waals surface area contributed by atoms with Crippen LogP contribution in [0.25, 0.3) is 11.1 Å². The fraction of sp³-hybridized carbons (Fsp3) is 0.379. The van der Waals surface area contributed by atoms with Crippen LogP contribution in [-0.4, -0.2) is 23.2 Å². The summed E-state index contributed by atoms with van der Waals surface area (Å²) in [5, 5.41) is 9.65. The zero-order chi connectivity index (χ0) is 24.5. The fourth-order valence-corrected chi connectivity index (χ4v) is 5.23. The highest BCUT2D eigenvalue weighted by Gasteiger charge is 2.39. The quantitative estimate of drug-likeness (QED) is 0.419. The highest BCUT2D eigenvalue weighted by atomic mass is 19.1. The van der Waals surface area contributed by atoms with Crippen LogP contribution in [0.4, 0.5) is 4.39 Å². The Morgan fingerprint density at radius 2 is 1.91 bits per heavy atom. The minimum Gasteiger partial charge on any atom is -0.485 e. The predicted octanol–water partition coefficient (Wildman–Crippen LogP) is 6.57. The highest BCUT2D eigenvalue weighted by molar-refractivity contribution is 5.71. The van der Waals surface area contributed by atoms with E-state index in [1.807, 2.05) is 31.2 Å². The Hall–Kier alpha value is -3.41.